The molecule has 1 N–H and O–H groups in total. The molecule has 0 radical (unpaired) electrons. The summed E-state index contributed by atoms with van der Waals surface area (Å²) in [6.45, 7) is 4.69. The fraction of sp³-hybridized carbons (Fsp3) is 0.500. The van der Waals surface area contributed by atoms with Crippen LogP contribution in [-0.2, 0) is 9.53 Å². The summed E-state index contributed by atoms with van der Waals surface area (Å²) in [5.41, 5.74) is 0.402. The molecule has 1 aliphatic rings. The van der Waals surface area contributed by atoms with Gasteiger partial charge in [0, 0.05) is 18.1 Å². The zero-order valence-corrected chi connectivity index (χ0v) is 7.91. The molecule has 1 rings (SSSR count). The van der Waals surface area contributed by atoms with Gasteiger partial charge in [-0.2, -0.15) is 0 Å². The molecule has 72 valence electrons. The van der Waals surface area contributed by atoms with Crippen molar-refractivity contribution in [2.75, 3.05) is 6.61 Å². The summed E-state index contributed by atoms with van der Waals surface area (Å²) in [5, 5.41) is 8.66. The van der Waals surface area contributed by atoms with E-state index in [1.807, 2.05) is 13.8 Å². The Morgan fingerprint density at radius 1 is 1.69 bits per heavy atom. The van der Waals surface area contributed by atoms with Gasteiger partial charge in [0.2, 0.25) is 0 Å². The molecule has 0 heterocycles. The van der Waals surface area contributed by atoms with Crippen LogP contribution in [0, 0.1) is 5.92 Å². The van der Waals surface area contributed by atoms with Gasteiger partial charge in [-0.05, 0) is 5.92 Å². The van der Waals surface area contributed by atoms with Crippen molar-refractivity contribution >= 4 is 5.78 Å². The summed E-state index contributed by atoms with van der Waals surface area (Å²) < 4.78 is 5.36. The molecule has 3 heteroatoms. The first-order valence-corrected chi connectivity index (χ1v) is 4.34. The van der Waals surface area contributed by atoms with E-state index in [4.69, 9.17) is 9.84 Å². The number of aliphatic hydroxyl groups excluding tert-OH is 1. The lowest BCUT2D eigenvalue weighted by molar-refractivity contribution is -0.111. The molecule has 0 amide bonds. The van der Waals surface area contributed by atoms with E-state index in [1.165, 1.54) is 6.08 Å². The fourth-order valence-electron chi connectivity index (χ4n) is 1.04. The van der Waals surface area contributed by atoms with E-state index in [0.717, 1.165) is 6.26 Å². The second-order valence-corrected chi connectivity index (χ2v) is 3.51. The highest BCUT2D eigenvalue weighted by Gasteiger charge is 2.19. The Hall–Kier alpha value is -1.25. The van der Waals surface area contributed by atoms with Crippen molar-refractivity contribution in [2.45, 2.75) is 20.3 Å². The highest BCUT2D eigenvalue weighted by Crippen LogP contribution is 2.21. The van der Waals surface area contributed by atoms with Crippen LogP contribution in [-0.4, -0.2) is 17.5 Å². The Morgan fingerprint density at radius 3 is 2.85 bits per heavy atom. The van der Waals surface area contributed by atoms with Crippen molar-refractivity contribution in [3.05, 3.63) is 23.7 Å². The molecule has 3 nitrogen and oxygen atoms in total. The Balaban J connectivity index is 2.47. The van der Waals surface area contributed by atoms with Crippen molar-refractivity contribution in [1.29, 1.82) is 0 Å². The van der Waals surface area contributed by atoms with E-state index in [2.05, 4.69) is 0 Å². The van der Waals surface area contributed by atoms with Gasteiger partial charge in [0.05, 0.1) is 12.9 Å². The number of hydrogen-bond acceptors (Lipinski definition) is 3. The Bertz CT molecular complexity index is 261. The molecular formula is C10H14O3. The number of rotatable bonds is 3. The van der Waals surface area contributed by atoms with Crippen LogP contribution in [0.25, 0.3) is 0 Å². The standard InChI is InChI=1S/C10H14O3/c1-7(2)6-13-9-3-8(5-11)10(12)4-9/h4-5,7,11H,3,6H2,1-2H3. The van der Waals surface area contributed by atoms with Crippen molar-refractivity contribution in [1.82, 2.24) is 0 Å². The number of ether oxygens (including phenoxy) is 1. The molecule has 0 unspecified atom stereocenters. The Labute approximate surface area is 77.7 Å². The van der Waals surface area contributed by atoms with Crippen LogP contribution >= 0.6 is 0 Å². The number of carbonyl (C=O) groups is 1. The normalized spacial score (nSPS) is 19.8. The van der Waals surface area contributed by atoms with Crippen molar-refractivity contribution < 1.29 is 14.6 Å². The first kappa shape index (κ1) is 9.84. The molecule has 13 heavy (non-hydrogen) atoms. The van der Waals surface area contributed by atoms with Crippen LogP contribution < -0.4 is 0 Å². The largest absolute Gasteiger partial charge is 0.515 e. The van der Waals surface area contributed by atoms with E-state index in [0.29, 0.717) is 30.3 Å². The zero-order valence-electron chi connectivity index (χ0n) is 7.91. The summed E-state index contributed by atoms with van der Waals surface area (Å²) in [4.78, 5) is 11.1. The van der Waals surface area contributed by atoms with Crippen LogP contribution in [0.3, 0.4) is 0 Å². The molecule has 0 aliphatic heterocycles. The molecule has 0 aromatic carbocycles. The first-order valence-electron chi connectivity index (χ1n) is 4.34. The number of hydrogen-bond donors (Lipinski definition) is 1. The summed E-state index contributed by atoms with van der Waals surface area (Å²) in [6, 6.07) is 0. The van der Waals surface area contributed by atoms with Crippen LogP contribution in [0.1, 0.15) is 20.3 Å². The first-order chi connectivity index (χ1) is 6.13. The van der Waals surface area contributed by atoms with Crippen LogP contribution in [0.5, 0.6) is 0 Å². The molecule has 0 atom stereocenters. The molecular weight excluding hydrogens is 168 g/mol. The maximum absolute atomic E-state index is 11.1. The molecule has 0 fully saturated rings. The number of carbonyl (C=O) groups excluding carboxylic acids is 1. The monoisotopic (exact) mass is 182 g/mol. The van der Waals surface area contributed by atoms with Crippen molar-refractivity contribution in [2.24, 2.45) is 5.92 Å². The molecule has 0 spiro atoms. The van der Waals surface area contributed by atoms with Crippen molar-refractivity contribution in [3.8, 4) is 0 Å². The van der Waals surface area contributed by atoms with Crippen molar-refractivity contribution in [3.63, 3.8) is 0 Å². The van der Waals surface area contributed by atoms with Crippen LogP contribution in [0.2, 0.25) is 0 Å². The minimum absolute atomic E-state index is 0.152. The summed E-state index contributed by atoms with van der Waals surface area (Å²) in [5.74, 6) is 0.943. The second kappa shape index (κ2) is 4.12. The van der Waals surface area contributed by atoms with Gasteiger partial charge < -0.3 is 9.84 Å². The van der Waals surface area contributed by atoms with E-state index in [9.17, 15) is 4.79 Å². The zero-order chi connectivity index (χ0) is 9.84. The molecule has 1 aliphatic carbocycles. The second-order valence-electron chi connectivity index (χ2n) is 3.51. The lowest BCUT2D eigenvalue weighted by Crippen LogP contribution is -2.00. The summed E-state index contributed by atoms with van der Waals surface area (Å²) >= 11 is 0. The lowest BCUT2D eigenvalue weighted by atomic mass is 10.2. The quantitative estimate of drug-likeness (QED) is 0.536. The van der Waals surface area contributed by atoms with Crippen LogP contribution in [0.15, 0.2) is 23.7 Å². The van der Waals surface area contributed by atoms with E-state index in [-0.39, 0.29) is 5.78 Å². The van der Waals surface area contributed by atoms with Gasteiger partial charge in [0.15, 0.2) is 5.78 Å². The van der Waals surface area contributed by atoms with E-state index >= 15 is 0 Å². The third-order valence-corrected chi connectivity index (χ3v) is 1.73. The average molecular weight is 182 g/mol. The minimum atomic E-state index is -0.152. The third kappa shape index (κ3) is 2.61. The molecule has 0 saturated carbocycles. The van der Waals surface area contributed by atoms with E-state index < -0.39 is 0 Å². The highest BCUT2D eigenvalue weighted by molar-refractivity contribution is 6.06. The minimum Gasteiger partial charge on any atom is -0.515 e. The lowest BCUT2D eigenvalue weighted by Gasteiger charge is -2.08. The predicted octanol–water partition coefficient (Wildman–Crippen LogP) is 1.96. The summed E-state index contributed by atoms with van der Waals surface area (Å²) in [7, 11) is 0. The topological polar surface area (TPSA) is 46.5 Å². The third-order valence-electron chi connectivity index (χ3n) is 1.73. The van der Waals surface area contributed by atoms with Gasteiger partial charge in [0.1, 0.15) is 5.76 Å². The maximum atomic E-state index is 11.1. The van der Waals surface area contributed by atoms with E-state index in [1.54, 1.807) is 0 Å². The number of aliphatic hydroxyl groups is 1. The van der Waals surface area contributed by atoms with Gasteiger partial charge in [0.25, 0.3) is 0 Å². The average Bonchev–Trinajstić information content (AvgIpc) is 2.43. The Kier molecular flexibility index (Phi) is 3.12. The molecule has 0 bridgehead atoms. The maximum Gasteiger partial charge on any atom is 0.188 e. The molecule has 0 saturated heterocycles. The fourth-order valence-corrected chi connectivity index (χ4v) is 1.04. The number of ketones is 1. The van der Waals surface area contributed by atoms with Gasteiger partial charge in [-0.15, -0.1) is 0 Å². The SMILES string of the molecule is CC(C)COC1=CC(=O)C(=CO)C1. The van der Waals surface area contributed by atoms with Gasteiger partial charge in [-0.1, -0.05) is 13.8 Å². The summed E-state index contributed by atoms with van der Waals surface area (Å²) in [6.07, 6.45) is 2.71. The van der Waals surface area contributed by atoms with Gasteiger partial charge >= 0.3 is 0 Å². The molecule has 0 aromatic heterocycles. The van der Waals surface area contributed by atoms with Gasteiger partial charge in [-0.25, -0.2) is 0 Å². The smallest absolute Gasteiger partial charge is 0.188 e. The van der Waals surface area contributed by atoms with Gasteiger partial charge in [-0.3, -0.25) is 4.79 Å². The highest BCUT2D eigenvalue weighted by atomic mass is 16.5. The Morgan fingerprint density at radius 2 is 2.38 bits per heavy atom. The van der Waals surface area contributed by atoms with Crippen LogP contribution in [0.4, 0.5) is 0 Å². The molecule has 0 aromatic rings. The number of allylic oxidation sites excluding steroid dienone is 2. The predicted molar refractivity (Wildman–Crippen MR) is 49.2 cm³/mol.